The van der Waals surface area contributed by atoms with Crippen LogP contribution in [0.25, 0.3) is 0 Å². The minimum absolute atomic E-state index is 0.0457. The van der Waals surface area contributed by atoms with Gasteiger partial charge in [0, 0.05) is 24.8 Å². The highest BCUT2D eigenvalue weighted by Gasteiger charge is 2.17. The lowest BCUT2D eigenvalue weighted by atomic mass is 10.2. The number of aryl methyl sites for hydroxylation is 1. The highest BCUT2D eigenvalue weighted by molar-refractivity contribution is 5.33. The number of likely N-dealkylation sites (N-methyl/N-ethyl adjacent to an activating group) is 2. The molecule has 1 aromatic heterocycles. The molecule has 0 spiro atoms. The Balaban J connectivity index is 2.97. The van der Waals surface area contributed by atoms with E-state index in [4.69, 9.17) is 0 Å². The quantitative estimate of drug-likeness (QED) is 0.820. The van der Waals surface area contributed by atoms with Crippen molar-refractivity contribution in [2.24, 2.45) is 0 Å². The molecular formula is C13H24N4O. The van der Waals surface area contributed by atoms with Crippen LogP contribution in [0.2, 0.25) is 0 Å². The average molecular weight is 252 g/mol. The van der Waals surface area contributed by atoms with E-state index in [0.29, 0.717) is 17.7 Å². The lowest BCUT2D eigenvalue weighted by Crippen LogP contribution is -2.41. The first-order valence-electron chi connectivity index (χ1n) is 6.34. The van der Waals surface area contributed by atoms with Crippen LogP contribution in [-0.4, -0.2) is 53.2 Å². The van der Waals surface area contributed by atoms with Crippen LogP contribution in [0.15, 0.2) is 6.07 Å². The van der Waals surface area contributed by atoms with Gasteiger partial charge >= 0.3 is 0 Å². The molecule has 0 aliphatic carbocycles. The van der Waals surface area contributed by atoms with E-state index < -0.39 is 0 Å². The summed E-state index contributed by atoms with van der Waals surface area (Å²) in [5.41, 5.74) is 1.56. The predicted molar refractivity (Wildman–Crippen MR) is 73.7 cm³/mol. The largest absolute Gasteiger partial charge is 0.390 e. The Labute approximate surface area is 109 Å². The van der Waals surface area contributed by atoms with Crippen molar-refractivity contribution in [1.82, 2.24) is 14.9 Å². The molecule has 5 nitrogen and oxygen atoms in total. The second kappa shape index (κ2) is 6.66. The number of anilines is 1. The van der Waals surface area contributed by atoms with E-state index in [0.717, 1.165) is 18.8 Å². The summed E-state index contributed by atoms with van der Waals surface area (Å²) >= 11 is 0. The molecule has 0 radical (unpaired) electrons. The van der Waals surface area contributed by atoms with Gasteiger partial charge in [0.15, 0.2) is 0 Å². The summed E-state index contributed by atoms with van der Waals surface area (Å²) in [6.45, 7) is 7.93. The van der Waals surface area contributed by atoms with Gasteiger partial charge in [-0.25, -0.2) is 9.97 Å². The summed E-state index contributed by atoms with van der Waals surface area (Å²) in [6.07, 6.45) is 0. The highest BCUT2D eigenvalue weighted by Crippen LogP contribution is 2.13. The van der Waals surface area contributed by atoms with Gasteiger partial charge in [-0.2, -0.15) is 0 Å². The second-order valence-electron chi connectivity index (χ2n) is 4.86. The van der Waals surface area contributed by atoms with Gasteiger partial charge in [0.2, 0.25) is 5.95 Å². The fourth-order valence-corrected chi connectivity index (χ4v) is 2.10. The third-order valence-corrected chi connectivity index (χ3v) is 2.82. The number of aliphatic hydroxyl groups excluding tert-OH is 1. The molecule has 5 heteroatoms. The topological polar surface area (TPSA) is 52.5 Å². The Morgan fingerprint density at radius 2 is 2.00 bits per heavy atom. The molecule has 0 aliphatic rings. The van der Waals surface area contributed by atoms with Gasteiger partial charge in [-0.15, -0.1) is 0 Å². The van der Waals surface area contributed by atoms with Crippen molar-refractivity contribution < 1.29 is 5.11 Å². The molecule has 1 N–H and O–H groups in total. The molecule has 0 aromatic carbocycles. The molecule has 0 fully saturated rings. The van der Waals surface area contributed by atoms with Gasteiger partial charge in [-0.1, -0.05) is 0 Å². The van der Waals surface area contributed by atoms with Gasteiger partial charge in [-0.3, -0.25) is 0 Å². The van der Waals surface area contributed by atoms with Crippen molar-refractivity contribution in [3.05, 3.63) is 17.5 Å². The first kappa shape index (κ1) is 14.9. The number of hydrogen-bond donors (Lipinski definition) is 1. The Morgan fingerprint density at radius 1 is 1.33 bits per heavy atom. The predicted octanol–water partition coefficient (Wildman–Crippen LogP) is 1.05. The lowest BCUT2D eigenvalue weighted by Gasteiger charge is -2.30. The number of aliphatic hydroxyl groups is 1. The summed E-state index contributed by atoms with van der Waals surface area (Å²) in [6, 6.07) is 2.15. The van der Waals surface area contributed by atoms with Crippen LogP contribution in [0.3, 0.4) is 0 Å². The maximum atomic E-state index is 9.21. The molecule has 1 aromatic rings. The highest BCUT2D eigenvalue weighted by atomic mass is 16.3. The standard InChI is InChI=1S/C13H24N4O/c1-6-17(11(3)8-16(4)5)13-14-10(2)7-12(9-18)15-13/h7,11,18H,6,8-9H2,1-5H3. The Kier molecular flexibility index (Phi) is 5.50. The summed E-state index contributed by atoms with van der Waals surface area (Å²) in [5.74, 6) is 0.705. The van der Waals surface area contributed by atoms with E-state index in [2.05, 4.69) is 47.7 Å². The van der Waals surface area contributed by atoms with Crippen molar-refractivity contribution in [2.75, 3.05) is 32.1 Å². The van der Waals surface area contributed by atoms with Crippen molar-refractivity contribution >= 4 is 5.95 Å². The number of nitrogens with zero attached hydrogens (tertiary/aromatic N) is 4. The smallest absolute Gasteiger partial charge is 0.226 e. The van der Waals surface area contributed by atoms with Crippen LogP contribution in [-0.2, 0) is 6.61 Å². The third kappa shape index (κ3) is 3.92. The molecule has 102 valence electrons. The van der Waals surface area contributed by atoms with Crippen LogP contribution in [0, 0.1) is 6.92 Å². The van der Waals surface area contributed by atoms with Crippen LogP contribution in [0.4, 0.5) is 5.95 Å². The Hall–Kier alpha value is -1.20. The van der Waals surface area contributed by atoms with Gasteiger partial charge in [0.05, 0.1) is 12.3 Å². The van der Waals surface area contributed by atoms with E-state index in [1.807, 2.05) is 13.0 Å². The molecule has 0 saturated heterocycles. The fraction of sp³-hybridized carbons (Fsp3) is 0.692. The van der Waals surface area contributed by atoms with E-state index in [1.54, 1.807) is 0 Å². The summed E-state index contributed by atoms with van der Waals surface area (Å²) in [4.78, 5) is 13.2. The first-order chi connectivity index (χ1) is 8.47. The molecule has 18 heavy (non-hydrogen) atoms. The van der Waals surface area contributed by atoms with Crippen molar-refractivity contribution in [1.29, 1.82) is 0 Å². The fourth-order valence-electron chi connectivity index (χ4n) is 2.10. The van der Waals surface area contributed by atoms with Crippen LogP contribution >= 0.6 is 0 Å². The molecule has 0 amide bonds. The van der Waals surface area contributed by atoms with Gasteiger partial charge in [0.25, 0.3) is 0 Å². The van der Waals surface area contributed by atoms with Crippen molar-refractivity contribution in [3.8, 4) is 0 Å². The number of hydrogen-bond acceptors (Lipinski definition) is 5. The third-order valence-electron chi connectivity index (χ3n) is 2.82. The van der Waals surface area contributed by atoms with Crippen molar-refractivity contribution in [2.45, 2.75) is 33.4 Å². The van der Waals surface area contributed by atoms with Crippen LogP contribution < -0.4 is 4.90 Å². The van der Waals surface area contributed by atoms with Crippen LogP contribution in [0.5, 0.6) is 0 Å². The lowest BCUT2D eigenvalue weighted by molar-refractivity contribution is 0.276. The van der Waals surface area contributed by atoms with Crippen molar-refractivity contribution in [3.63, 3.8) is 0 Å². The molecule has 0 bridgehead atoms. The number of rotatable bonds is 6. The normalized spacial score (nSPS) is 12.8. The van der Waals surface area contributed by atoms with Gasteiger partial charge in [0.1, 0.15) is 0 Å². The maximum Gasteiger partial charge on any atom is 0.226 e. The molecule has 1 rings (SSSR count). The monoisotopic (exact) mass is 252 g/mol. The van der Waals surface area contributed by atoms with E-state index in [1.165, 1.54) is 0 Å². The molecule has 1 atom stereocenters. The van der Waals surface area contributed by atoms with E-state index in [-0.39, 0.29) is 6.61 Å². The molecule has 0 saturated carbocycles. The maximum absolute atomic E-state index is 9.21. The average Bonchev–Trinajstić information content (AvgIpc) is 2.28. The second-order valence-corrected chi connectivity index (χ2v) is 4.86. The SMILES string of the molecule is CCN(c1nc(C)cc(CO)n1)C(C)CN(C)C. The van der Waals surface area contributed by atoms with Gasteiger partial charge in [-0.05, 0) is 40.9 Å². The summed E-state index contributed by atoms with van der Waals surface area (Å²) in [7, 11) is 4.11. The van der Waals surface area contributed by atoms with Crippen LogP contribution in [0.1, 0.15) is 25.2 Å². The number of aromatic nitrogens is 2. The zero-order chi connectivity index (χ0) is 13.7. The minimum atomic E-state index is -0.0457. The Bertz CT molecular complexity index is 381. The molecule has 1 heterocycles. The summed E-state index contributed by atoms with van der Waals surface area (Å²) in [5, 5.41) is 9.21. The van der Waals surface area contributed by atoms with E-state index >= 15 is 0 Å². The summed E-state index contributed by atoms with van der Waals surface area (Å²) < 4.78 is 0. The Morgan fingerprint density at radius 3 is 2.50 bits per heavy atom. The molecule has 0 aliphatic heterocycles. The first-order valence-corrected chi connectivity index (χ1v) is 6.34. The zero-order valence-corrected chi connectivity index (χ0v) is 12.0. The molecule has 1 unspecified atom stereocenters. The molecular weight excluding hydrogens is 228 g/mol. The van der Waals surface area contributed by atoms with E-state index in [9.17, 15) is 5.11 Å². The van der Waals surface area contributed by atoms with Gasteiger partial charge < -0.3 is 14.9 Å². The minimum Gasteiger partial charge on any atom is -0.390 e. The zero-order valence-electron chi connectivity index (χ0n) is 12.0.